The zero-order valence-electron chi connectivity index (χ0n) is 9.22. The lowest BCUT2D eigenvalue weighted by Crippen LogP contribution is -2.17. The Kier molecular flexibility index (Phi) is 2.71. The van der Waals surface area contributed by atoms with Crippen molar-refractivity contribution in [2.24, 2.45) is 5.90 Å². The minimum Gasteiger partial charge on any atom is -0.409 e. The minimum absolute atomic E-state index is 0.0190. The first-order chi connectivity index (χ1) is 6.36. The topological polar surface area (TPSA) is 61.3 Å². The quantitative estimate of drug-likeness (QED) is 0.531. The number of nitrogen functional groups attached to an aromatic ring is 1. The number of rotatable bonds is 1. The Morgan fingerprint density at radius 1 is 1.21 bits per heavy atom. The number of benzene rings is 1. The molecule has 0 radical (unpaired) electrons. The standard InChI is InChI=1S/C11H18N2O/c1-7-5-8(11(2,3)4)10(14-13)9(12)6-7/h5-6H,12-13H2,1-4H3. The van der Waals surface area contributed by atoms with Gasteiger partial charge in [-0.15, -0.1) is 0 Å². The van der Waals surface area contributed by atoms with Gasteiger partial charge in [0.1, 0.15) is 0 Å². The highest BCUT2D eigenvalue weighted by atomic mass is 16.6. The van der Waals surface area contributed by atoms with Gasteiger partial charge in [0.25, 0.3) is 0 Å². The first-order valence-electron chi connectivity index (χ1n) is 4.63. The number of nitrogens with two attached hydrogens (primary N) is 2. The van der Waals surface area contributed by atoms with Crippen molar-refractivity contribution < 1.29 is 4.84 Å². The fourth-order valence-corrected chi connectivity index (χ4v) is 1.49. The molecule has 78 valence electrons. The van der Waals surface area contributed by atoms with Crippen LogP contribution in [0.2, 0.25) is 0 Å². The first-order valence-corrected chi connectivity index (χ1v) is 4.63. The minimum atomic E-state index is -0.0190. The fraction of sp³-hybridized carbons (Fsp3) is 0.455. The second-order valence-corrected chi connectivity index (χ2v) is 4.60. The molecule has 1 aromatic rings. The van der Waals surface area contributed by atoms with Crippen molar-refractivity contribution in [3.05, 3.63) is 23.3 Å². The van der Waals surface area contributed by atoms with E-state index < -0.39 is 0 Å². The third kappa shape index (κ3) is 1.99. The van der Waals surface area contributed by atoms with E-state index in [1.54, 1.807) is 0 Å². The molecule has 0 aliphatic heterocycles. The van der Waals surface area contributed by atoms with Crippen LogP contribution in [-0.2, 0) is 5.41 Å². The van der Waals surface area contributed by atoms with Gasteiger partial charge in [-0.2, -0.15) is 5.90 Å². The highest BCUT2D eigenvalue weighted by Gasteiger charge is 2.21. The van der Waals surface area contributed by atoms with E-state index in [1.807, 2.05) is 13.0 Å². The van der Waals surface area contributed by atoms with Crippen molar-refractivity contribution >= 4 is 5.69 Å². The molecular formula is C11H18N2O. The normalized spacial score (nSPS) is 11.5. The molecule has 0 spiro atoms. The van der Waals surface area contributed by atoms with E-state index in [0.717, 1.165) is 11.1 Å². The lowest BCUT2D eigenvalue weighted by molar-refractivity contribution is 0.326. The van der Waals surface area contributed by atoms with E-state index in [0.29, 0.717) is 11.4 Å². The van der Waals surface area contributed by atoms with Gasteiger partial charge < -0.3 is 10.6 Å². The van der Waals surface area contributed by atoms with Crippen LogP contribution in [0.3, 0.4) is 0 Å². The molecule has 0 atom stereocenters. The summed E-state index contributed by atoms with van der Waals surface area (Å²) >= 11 is 0. The summed E-state index contributed by atoms with van der Waals surface area (Å²) in [6.07, 6.45) is 0. The van der Waals surface area contributed by atoms with Gasteiger partial charge in [0.2, 0.25) is 0 Å². The summed E-state index contributed by atoms with van der Waals surface area (Å²) in [5.74, 6) is 5.80. The highest BCUT2D eigenvalue weighted by Crippen LogP contribution is 2.35. The summed E-state index contributed by atoms with van der Waals surface area (Å²) in [5.41, 5.74) is 8.56. The molecule has 0 aromatic heterocycles. The van der Waals surface area contributed by atoms with E-state index in [2.05, 4.69) is 26.8 Å². The molecular weight excluding hydrogens is 176 g/mol. The smallest absolute Gasteiger partial charge is 0.173 e. The Hall–Kier alpha value is -1.22. The van der Waals surface area contributed by atoms with Crippen LogP contribution < -0.4 is 16.5 Å². The molecule has 0 heterocycles. The average molecular weight is 194 g/mol. The molecule has 0 amide bonds. The molecule has 4 N–H and O–H groups in total. The van der Waals surface area contributed by atoms with Crippen LogP contribution in [0.15, 0.2) is 12.1 Å². The van der Waals surface area contributed by atoms with Gasteiger partial charge in [-0.3, -0.25) is 0 Å². The Labute approximate surface area is 85.0 Å². The highest BCUT2D eigenvalue weighted by molar-refractivity contribution is 5.60. The summed E-state index contributed by atoms with van der Waals surface area (Å²) in [6, 6.07) is 3.91. The summed E-state index contributed by atoms with van der Waals surface area (Å²) in [7, 11) is 0. The van der Waals surface area contributed by atoms with Gasteiger partial charge in [-0.05, 0) is 24.0 Å². The van der Waals surface area contributed by atoms with Crippen molar-refractivity contribution in [2.45, 2.75) is 33.1 Å². The molecule has 0 aliphatic rings. The van der Waals surface area contributed by atoms with Gasteiger partial charge >= 0.3 is 0 Å². The Morgan fingerprint density at radius 3 is 2.21 bits per heavy atom. The Balaban J connectivity index is 3.40. The zero-order chi connectivity index (χ0) is 10.9. The van der Waals surface area contributed by atoms with E-state index in [9.17, 15) is 0 Å². The van der Waals surface area contributed by atoms with Gasteiger partial charge in [-0.25, -0.2) is 0 Å². The van der Waals surface area contributed by atoms with Crippen LogP contribution in [0, 0.1) is 6.92 Å². The zero-order valence-corrected chi connectivity index (χ0v) is 9.22. The van der Waals surface area contributed by atoms with Gasteiger partial charge in [0, 0.05) is 5.56 Å². The van der Waals surface area contributed by atoms with E-state index in [1.165, 1.54) is 0 Å². The van der Waals surface area contributed by atoms with Crippen LogP contribution >= 0.6 is 0 Å². The molecule has 14 heavy (non-hydrogen) atoms. The SMILES string of the molecule is Cc1cc(N)c(ON)c(C(C)(C)C)c1. The third-order valence-electron chi connectivity index (χ3n) is 2.19. The summed E-state index contributed by atoms with van der Waals surface area (Å²) < 4.78 is 0. The number of hydrogen-bond acceptors (Lipinski definition) is 3. The molecule has 0 saturated carbocycles. The predicted molar refractivity (Wildman–Crippen MR) is 59.1 cm³/mol. The summed E-state index contributed by atoms with van der Waals surface area (Å²) in [4.78, 5) is 4.83. The van der Waals surface area contributed by atoms with Gasteiger partial charge in [0.15, 0.2) is 5.75 Å². The van der Waals surface area contributed by atoms with Crippen molar-refractivity contribution in [2.75, 3.05) is 5.73 Å². The van der Waals surface area contributed by atoms with E-state index in [4.69, 9.17) is 16.5 Å². The Morgan fingerprint density at radius 2 is 1.79 bits per heavy atom. The first kappa shape index (κ1) is 10.9. The van der Waals surface area contributed by atoms with Gasteiger partial charge in [-0.1, -0.05) is 26.8 Å². The van der Waals surface area contributed by atoms with Crippen LogP contribution in [-0.4, -0.2) is 0 Å². The second-order valence-electron chi connectivity index (χ2n) is 4.60. The fourth-order valence-electron chi connectivity index (χ4n) is 1.49. The Bertz CT molecular complexity index is 340. The number of aryl methyl sites for hydroxylation is 1. The lowest BCUT2D eigenvalue weighted by Gasteiger charge is -2.23. The van der Waals surface area contributed by atoms with Crippen molar-refractivity contribution in [3.8, 4) is 5.75 Å². The maximum atomic E-state index is 5.82. The molecule has 3 heteroatoms. The average Bonchev–Trinajstić information content (AvgIpc) is 2.01. The maximum Gasteiger partial charge on any atom is 0.173 e. The number of hydrogen-bond donors (Lipinski definition) is 2. The molecule has 1 aromatic carbocycles. The molecule has 3 nitrogen and oxygen atoms in total. The molecule has 0 saturated heterocycles. The van der Waals surface area contributed by atoms with Crippen LogP contribution in [0.5, 0.6) is 5.75 Å². The van der Waals surface area contributed by atoms with Crippen LogP contribution in [0.1, 0.15) is 31.9 Å². The van der Waals surface area contributed by atoms with Gasteiger partial charge in [0.05, 0.1) is 5.69 Å². The van der Waals surface area contributed by atoms with Crippen molar-refractivity contribution in [3.63, 3.8) is 0 Å². The summed E-state index contributed by atoms with van der Waals surface area (Å²) in [6.45, 7) is 8.31. The molecule has 1 rings (SSSR count). The third-order valence-corrected chi connectivity index (χ3v) is 2.19. The maximum absolute atomic E-state index is 5.82. The molecule has 0 bridgehead atoms. The molecule has 0 aliphatic carbocycles. The van der Waals surface area contributed by atoms with Crippen LogP contribution in [0.25, 0.3) is 0 Å². The monoisotopic (exact) mass is 194 g/mol. The summed E-state index contributed by atoms with van der Waals surface area (Å²) in [5, 5.41) is 0. The molecule has 0 unspecified atom stereocenters. The van der Waals surface area contributed by atoms with Crippen LogP contribution in [0.4, 0.5) is 5.69 Å². The lowest BCUT2D eigenvalue weighted by atomic mass is 9.85. The molecule has 0 fully saturated rings. The second kappa shape index (κ2) is 3.50. The largest absolute Gasteiger partial charge is 0.409 e. The van der Waals surface area contributed by atoms with Crippen molar-refractivity contribution in [1.29, 1.82) is 0 Å². The van der Waals surface area contributed by atoms with E-state index >= 15 is 0 Å². The predicted octanol–water partition coefficient (Wildman–Crippen LogP) is 2.13. The van der Waals surface area contributed by atoms with Crippen molar-refractivity contribution in [1.82, 2.24) is 0 Å². The number of anilines is 1. The van der Waals surface area contributed by atoms with E-state index in [-0.39, 0.29) is 5.41 Å².